The van der Waals surface area contributed by atoms with Crippen molar-refractivity contribution in [3.05, 3.63) is 71.4 Å². The number of fused-ring (bicyclic) bond motifs is 2. The summed E-state index contributed by atoms with van der Waals surface area (Å²) < 4.78 is 8.55. The molecule has 0 radical (unpaired) electrons. The Hall–Kier alpha value is -2.70. The third kappa shape index (κ3) is 4.05. The number of hydrogen-bond acceptors (Lipinski definition) is 3. The molecule has 1 aliphatic rings. The molecule has 2 amide bonds. The molecule has 0 bridgehead atoms. The Bertz CT molecular complexity index is 1140. The maximum absolute atomic E-state index is 12.7. The van der Waals surface area contributed by atoms with Crippen LogP contribution in [0.5, 0.6) is 0 Å². The SMILES string of the molecule is CC(C)(C)[Si](C)(C)OCCc1cn(CCN2C(=O)c3ccccc3C2=O)c2ccccc12. The summed E-state index contributed by atoms with van der Waals surface area (Å²) in [5.74, 6) is -0.407. The third-order valence-electron chi connectivity index (χ3n) is 6.95. The molecule has 1 aromatic heterocycles. The van der Waals surface area contributed by atoms with E-state index in [1.165, 1.54) is 15.8 Å². The topological polar surface area (TPSA) is 51.5 Å². The van der Waals surface area contributed by atoms with Gasteiger partial charge in [-0.1, -0.05) is 51.1 Å². The molecule has 2 heterocycles. The molecule has 0 unspecified atom stereocenters. The summed E-state index contributed by atoms with van der Waals surface area (Å²) in [6.45, 7) is 12.9. The highest BCUT2D eigenvalue weighted by atomic mass is 28.4. The van der Waals surface area contributed by atoms with Crippen LogP contribution in [0.3, 0.4) is 0 Å². The lowest BCUT2D eigenvalue weighted by atomic mass is 10.1. The van der Waals surface area contributed by atoms with Gasteiger partial charge in [-0.05, 0) is 48.3 Å². The number of carbonyl (C=O) groups excluding carboxylic acids is 2. The maximum Gasteiger partial charge on any atom is 0.261 e. The number of rotatable bonds is 7. The molecule has 0 spiro atoms. The van der Waals surface area contributed by atoms with Gasteiger partial charge in [0.25, 0.3) is 11.8 Å². The minimum atomic E-state index is -1.79. The zero-order valence-corrected chi connectivity index (χ0v) is 20.6. The Balaban J connectivity index is 1.49. The van der Waals surface area contributed by atoms with Crippen molar-refractivity contribution in [1.29, 1.82) is 0 Å². The van der Waals surface area contributed by atoms with Crippen molar-refractivity contribution in [1.82, 2.24) is 9.47 Å². The summed E-state index contributed by atoms with van der Waals surface area (Å²) in [5, 5.41) is 1.39. The van der Waals surface area contributed by atoms with Gasteiger partial charge in [-0.25, -0.2) is 0 Å². The predicted molar refractivity (Wildman–Crippen MR) is 131 cm³/mol. The van der Waals surface area contributed by atoms with E-state index in [0.29, 0.717) is 30.8 Å². The Morgan fingerprint density at radius 1 is 0.875 bits per heavy atom. The Labute approximate surface area is 191 Å². The molecule has 4 rings (SSSR count). The number of imide groups is 1. The van der Waals surface area contributed by atoms with Crippen LogP contribution in [0.1, 0.15) is 47.1 Å². The van der Waals surface area contributed by atoms with E-state index in [2.05, 4.69) is 62.8 Å². The van der Waals surface area contributed by atoms with Crippen LogP contribution in [0.4, 0.5) is 0 Å². The molecular formula is C26H32N2O3Si. The Kier molecular flexibility index (Phi) is 5.86. The molecule has 3 aromatic rings. The van der Waals surface area contributed by atoms with Crippen LogP contribution in [0, 0.1) is 0 Å². The molecule has 0 fully saturated rings. The molecule has 0 aliphatic carbocycles. The molecular weight excluding hydrogens is 416 g/mol. The Morgan fingerprint density at radius 2 is 1.47 bits per heavy atom. The average Bonchev–Trinajstić information content (AvgIpc) is 3.21. The van der Waals surface area contributed by atoms with Gasteiger partial charge < -0.3 is 8.99 Å². The van der Waals surface area contributed by atoms with Gasteiger partial charge in [0.05, 0.1) is 11.1 Å². The van der Waals surface area contributed by atoms with Gasteiger partial charge in [-0.2, -0.15) is 0 Å². The first-order valence-electron chi connectivity index (χ1n) is 11.3. The van der Waals surface area contributed by atoms with Crippen molar-refractivity contribution in [2.75, 3.05) is 13.2 Å². The summed E-state index contributed by atoms with van der Waals surface area (Å²) in [5.41, 5.74) is 3.35. The second-order valence-electron chi connectivity index (χ2n) is 10.0. The smallest absolute Gasteiger partial charge is 0.261 e. The largest absolute Gasteiger partial charge is 0.416 e. The van der Waals surface area contributed by atoms with Crippen molar-refractivity contribution in [3.8, 4) is 0 Å². The molecule has 2 aromatic carbocycles. The first-order chi connectivity index (χ1) is 15.1. The van der Waals surface area contributed by atoms with Gasteiger partial charge in [-0.3, -0.25) is 14.5 Å². The van der Waals surface area contributed by atoms with E-state index in [-0.39, 0.29) is 16.9 Å². The highest BCUT2D eigenvalue weighted by Gasteiger charge is 2.37. The standard InChI is InChI=1S/C26H32N2O3Si/c1-26(2,3)32(4,5)31-17-14-19-18-27(23-13-9-8-10-20(19)23)15-16-28-24(29)21-11-6-7-12-22(21)25(28)30/h6-13,18H,14-17H2,1-5H3. The van der Waals surface area contributed by atoms with Crippen molar-refractivity contribution in [2.45, 2.75) is 51.9 Å². The lowest BCUT2D eigenvalue weighted by molar-refractivity contribution is 0.0649. The number of hydrogen-bond donors (Lipinski definition) is 0. The van der Waals surface area contributed by atoms with E-state index in [0.717, 1.165) is 11.9 Å². The average molecular weight is 449 g/mol. The minimum absolute atomic E-state index is 0.188. The fourth-order valence-corrected chi connectivity index (χ4v) is 5.04. The van der Waals surface area contributed by atoms with Gasteiger partial charge >= 0.3 is 0 Å². The van der Waals surface area contributed by atoms with E-state index >= 15 is 0 Å². The molecule has 32 heavy (non-hydrogen) atoms. The van der Waals surface area contributed by atoms with Crippen molar-refractivity contribution < 1.29 is 14.0 Å². The number of nitrogens with zero attached hydrogens (tertiary/aromatic N) is 2. The lowest BCUT2D eigenvalue weighted by Gasteiger charge is -2.36. The Morgan fingerprint density at radius 3 is 2.09 bits per heavy atom. The van der Waals surface area contributed by atoms with Crippen LogP contribution in [-0.2, 0) is 17.4 Å². The fraction of sp³-hybridized carbons (Fsp3) is 0.385. The second kappa shape index (κ2) is 8.33. The highest BCUT2D eigenvalue weighted by molar-refractivity contribution is 6.74. The summed E-state index contributed by atoms with van der Waals surface area (Å²) in [6.07, 6.45) is 2.99. The summed E-state index contributed by atoms with van der Waals surface area (Å²) in [7, 11) is -1.79. The van der Waals surface area contributed by atoms with E-state index in [1.54, 1.807) is 24.3 Å². The van der Waals surface area contributed by atoms with E-state index in [1.807, 2.05) is 6.07 Å². The van der Waals surface area contributed by atoms with Crippen molar-refractivity contribution in [2.24, 2.45) is 0 Å². The summed E-state index contributed by atoms with van der Waals surface area (Å²) in [4.78, 5) is 26.8. The molecule has 0 N–H and O–H groups in total. The molecule has 1 aliphatic heterocycles. The quantitative estimate of drug-likeness (QED) is 0.354. The van der Waals surface area contributed by atoms with Crippen LogP contribution in [-0.4, -0.2) is 42.8 Å². The zero-order chi connectivity index (χ0) is 23.1. The van der Waals surface area contributed by atoms with Crippen LogP contribution in [0.15, 0.2) is 54.7 Å². The molecule has 5 nitrogen and oxygen atoms in total. The fourth-order valence-electron chi connectivity index (χ4n) is 3.99. The minimum Gasteiger partial charge on any atom is -0.416 e. The molecule has 0 saturated carbocycles. The third-order valence-corrected chi connectivity index (χ3v) is 11.5. The molecule has 0 atom stereocenters. The second-order valence-corrected chi connectivity index (χ2v) is 14.8. The number of benzene rings is 2. The normalized spacial score (nSPS) is 14.5. The van der Waals surface area contributed by atoms with Gasteiger partial charge in [-0.15, -0.1) is 0 Å². The van der Waals surface area contributed by atoms with Gasteiger partial charge in [0, 0.05) is 36.8 Å². The molecule has 168 valence electrons. The molecule has 6 heteroatoms. The number of amides is 2. The monoisotopic (exact) mass is 448 g/mol. The predicted octanol–water partition coefficient (Wildman–Crippen LogP) is 5.50. The van der Waals surface area contributed by atoms with Crippen LogP contribution >= 0.6 is 0 Å². The zero-order valence-electron chi connectivity index (χ0n) is 19.6. The van der Waals surface area contributed by atoms with Crippen LogP contribution in [0.2, 0.25) is 18.1 Å². The van der Waals surface area contributed by atoms with Gasteiger partial charge in [0.1, 0.15) is 0 Å². The van der Waals surface area contributed by atoms with E-state index < -0.39 is 8.32 Å². The first kappa shape index (κ1) is 22.5. The number of aromatic nitrogens is 1. The van der Waals surface area contributed by atoms with E-state index in [9.17, 15) is 9.59 Å². The number of para-hydroxylation sites is 1. The molecule has 0 saturated heterocycles. The van der Waals surface area contributed by atoms with E-state index in [4.69, 9.17) is 4.43 Å². The van der Waals surface area contributed by atoms with Crippen LogP contribution < -0.4 is 0 Å². The van der Waals surface area contributed by atoms with Gasteiger partial charge in [0.2, 0.25) is 0 Å². The maximum atomic E-state index is 12.7. The highest BCUT2D eigenvalue weighted by Crippen LogP contribution is 2.36. The summed E-state index contributed by atoms with van der Waals surface area (Å²) in [6, 6.07) is 15.3. The summed E-state index contributed by atoms with van der Waals surface area (Å²) >= 11 is 0. The van der Waals surface area contributed by atoms with Crippen LogP contribution in [0.25, 0.3) is 10.9 Å². The lowest BCUT2D eigenvalue weighted by Crippen LogP contribution is -2.41. The van der Waals surface area contributed by atoms with Gasteiger partial charge in [0.15, 0.2) is 8.32 Å². The van der Waals surface area contributed by atoms with Crippen molar-refractivity contribution >= 4 is 31.0 Å². The first-order valence-corrected chi connectivity index (χ1v) is 14.2. The number of carbonyl (C=O) groups is 2. The van der Waals surface area contributed by atoms with Crippen molar-refractivity contribution in [3.63, 3.8) is 0 Å².